The Labute approximate surface area is 240 Å². The molecule has 2 aliphatic rings. The standard InChI is InChI=1S/C29H23F7N4O3/c1-27-11-4-12-40(27)39(15-17-5-2-3-6-20(17)30)26(43)23(24(27)41)25(42)38-21-9-8-18(28(31,32)33)13-19(21)16-7-10-22(37-14-16)29(34,35)36/h2-3,5-10,13-14,41H,4,11-12,15H2,1H3,(H,38,42). The number of pyridine rings is 1. The van der Waals surface area contributed by atoms with Crippen molar-refractivity contribution in [3.05, 3.63) is 94.8 Å². The van der Waals surface area contributed by atoms with E-state index in [1.807, 2.05) is 0 Å². The Bertz CT molecular complexity index is 1620. The predicted molar refractivity (Wildman–Crippen MR) is 139 cm³/mol. The van der Waals surface area contributed by atoms with Crippen LogP contribution in [0.1, 0.15) is 36.6 Å². The Kier molecular flexibility index (Phi) is 7.45. The molecule has 0 aliphatic carbocycles. The minimum absolute atomic E-state index is 0.145. The van der Waals surface area contributed by atoms with E-state index >= 15 is 0 Å². The minimum atomic E-state index is -4.83. The van der Waals surface area contributed by atoms with Gasteiger partial charge in [-0.25, -0.2) is 9.40 Å². The number of carbonyl (C=O) groups excluding carboxylic acids is 2. The third kappa shape index (κ3) is 5.54. The van der Waals surface area contributed by atoms with Gasteiger partial charge in [-0.15, -0.1) is 0 Å². The van der Waals surface area contributed by atoms with Crippen molar-refractivity contribution in [2.24, 2.45) is 0 Å². The number of nitrogens with zero attached hydrogens (tertiary/aromatic N) is 3. The molecular weight excluding hydrogens is 585 g/mol. The van der Waals surface area contributed by atoms with Gasteiger partial charge in [0.05, 0.1) is 17.6 Å². The highest BCUT2D eigenvalue weighted by atomic mass is 19.4. The number of aliphatic hydroxyl groups excluding tert-OH is 1. The first-order valence-corrected chi connectivity index (χ1v) is 12.9. The second-order valence-electron chi connectivity index (χ2n) is 10.3. The molecule has 226 valence electrons. The van der Waals surface area contributed by atoms with E-state index in [0.29, 0.717) is 43.8 Å². The number of hydrazine groups is 1. The van der Waals surface area contributed by atoms with Crippen LogP contribution < -0.4 is 5.32 Å². The average molecular weight is 609 g/mol. The van der Waals surface area contributed by atoms with Gasteiger partial charge in [0.15, 0.2) is 0 Å². The van der Waals surface area contributed by atoms with Crippen LogP contribution in [0.5, 0.6) is 0 Å². The van der Waals surface area contributed by atoms with Crippen LogP contribution in [0.4, 0.5) is 36.4 Å². The molecule has 14 heteroatoms. The van der Waals surface area contributed by atoms with Crippen LogP contribution in [-0.4, -0.2) is 44.0 Å². The Balaban J connectivity index is 1.54. The molecule has 1 unspecified atom stereocenters. The van der Waals surface area contributed by atoms with Gasteiger partial charge in [-0.05, 0) is 50.1 Å². The maximum absolute atomic E-state index is 14.5. The molecule has 3 heterocycles. The molecule has 0 bridgehead atoms. The summed E-state index contributed by atoms with van der Waals surface area (Å²) in [6.07, 6.45) is -8.05. The number of fused-ring (bicyclic) bond motifs is 1. The second-order valence-corrected chi connectivity index (χ2v) is 10.3. The van der Waals surface area contributed by atoms with Crippen LogP contribution >= 0.6 is 0 Å². The largest absolute Gasteiger partial charge is 0.509 e. The molecule has 7 nitrogen and oxygen atoms in total. The summed E-state index contributed by atoms with van der Waals surface area (Å²) in [7, 11) is 0. The van der Waals surface area contributed by atoms with Crippen molar-refractivity contribution in [3.63, 3.8) is 0 Å². The van der Waals surface area contributed by atoms with E-state index in [4.69, 9.17) is 0 Å². The Morgan fingerprint density at radius 2 is 1.77 bits per heavy atom. The molecule has 1 atom stereocenters. The number of anilines is 1. The molecule has 5 rings (SSSR count). The van der Waals surface area contributed by atoms with Crippen molar-refractivity contribution in [2.75, 3.05) is 11.9 Å². The zero-order valence-corrected chi connectivity index (χ0v) is 22.4. The molecule has 2 amide bonds. The Hall–Kier alpha value is -4.46. The molecule has 2 N–H and O–H groups in total. The van der Waals surface area contributed by atoms with Gasteiger partial charge in [-0.1, -0.05) is 24.3 Å². The smallest absolute Gasteiger partial charge is 0.433 e. The average Bonchev–Trinajstić information content (AvgIpc) is 3.34. The molecule has 1 saturated heterocycles. The summed E-state index contributed by atoms with van der Waals surface area (Å²) in [4.78, 5) is 30.5. The third-order valence-corrected chi connectivity index (χ3v) is 7.55. The summed E-state index contributed by atoms with van der Waals surface area (Å²) in [5.74, 6) is -3.31. The minimum Gasteiger partial charge on any atom is -0.509 e. The maximum atomic E-state index is 14.5. The first-order chi connectivity index (χ1) is 20.1. The van der Waals surface area contributed by atoms with Crippen LogP contribution in [0.2, 0.25) is 0 Å². The molecule has 1 fully saturated rings. The van der Waals surface area contributed by atoms with Crippen molar-refractivity contribution >= 4 is 17.5 Å². The first kappa shape index (κ1) is 30.0. The van der Waals surface area contributed by atoms with Crippen LogP contribution in [0.3, 0.4) is 0 Å². The van der Waals surface area contributed by atoms with Gasteiger partial charge in [0.1, 0.15) is 22.8 Å². The Morgan fingerprint density at radius 3 is 2.40 bits per heavy atom. The fraction of sp³-hybridized carbons (Fsp3) is 0.276. The van der Waals surface area contributed by atoms with Crippen LogP contribution in [0.25, 0.3) is 11.1 Å². The summed E-state index contributed by atoms with van der Waals surface area (Å²) in [6.45, 7) is 1.65. The number of amides is 2. The van der Waals surface area contributed by atoms with Crippen LogP contribution in [0, 0.1) is 5.82 Å². The zero-order valence-electron chi connectivity index (χ0n) is 22.4. The van der Waals surface area contributed by atoms with Gasteiger partial charge in [-0.3, -0.25) is 19.6 Å². The molecule has 3 aromatic rings. The van der Waals surface area contributed by atoms with E-state index < -0.39 is 58.1 Å². The van der Waals surface area contributed by atoms with E-state index in [0.717, 1.165) is 17.1 Å². The van der Waals surface area contributed by atoms with E-state index in [1.54, 1.807) is 18.0 Å². The van der Waals surface area contributed by atoms with Gasteiger partial charge in [0, 0.05) is 35.1 Å². The second kappa shape index (κ2) is 10.7. The number of aromatic nitrogens is 1. The molecule has 43 heavy (non-hydrogen) atoms. The molecule has 2 aromatic carbocycles. The van der Waals surface area contributed by atoms with Crippen molar-refractivity contribution < 1.29 is 45.4 Å². The monoisotopic (exact) mass is 608 g/mol. The van der Waals surface area contributed by atoms with Crippen molar-refractivity contribution in [2.45, 2.75) is 44.2 Å². The SMILES string of the molecule is CC12CCCN1N(Cc1ccccc1F)C(=O)C(C(=O)Nc1ccc(C(F)(F)F)cc1-c1ccc(C(F)(F)F)nc1)=C2O. The lowest BCUT2D eigenvalue weighted by atomic mass is 9.90. The summed E-state index contributed by atoms with van der Waals surface area (Å²) < 4.78 is 94.2. The number of hydrogen-bond donors (Lipinski definition) is 2. The Morgan fingerprint density at radius 1 is 1.05 bits per heavy atom. The van der Waals surface area contributed by atoms with E-state index in [1.165, 1.54) is 18.2 Å². The van der Waals surface area contributed by atoms with Gasteiger partial charge in [0.25, 0.3) is 11.8 Å². The summed E-state index contributed by atoms with van der Waals surface area (Å²) in [6, 6.07) is 9.34. The van der Waals surface area contributed by atoms with Gasteiger partial charge in [0.2, 0.25) is 0 Å². The molecule has 0 spiro atoms. The summed E-state index contributed by atoms with van der Waals surface area (Å²) in [5.41, 5.74) is -5.00. The number of benzene rings is 2. The van der Waals surface area contributed by atoms with E-state index in [2.05, 4.69) is 10.3 Å². The number of alkyl halides is 6. The van der Waals surface area contributed by atoms with E-state index in [9.17, 15) is 45.4 Å². The number of nitrogens with one attached hydrogen (secondary N) is 1. The lowest BCUT2D eigenvalue weighted by molar-refractivity contribution is -0.160. The highest BCUT2D eigenvalue weighted by Gasteiger charge is 2.52. The van der Waals surface area contributed by atoms with Crippen molar-refractivity contribution in [1.29, 1.82) is 0 Å². The highest BCUT2D eigenvalue weighted by molar-refractivity contribution is 6.24. The number of carbonyl (C=O) groups is 2. The molecule has 0 saturated carbocycles. The first-order valence-electron chi connectivity index (χ1n) is 12.9. The van der Waals surface area contributed by atoms with Crippen molar-refractivity contribution in [3.8, 4) is 11.1 Å². The fourth-order valence-electron chi connectivity index (χ4n) is 5.31. The van der Waals surface area contributed by atoms with Crippen LogP contribution in [0.15, 0.2) is 72.1 Å². The lowest BCUT2D eigenvalue weighted by Gasteiger charge is -2.46. The number of rotatable bonds is 5. The molecule has 0 radical (unpaired) electrons. The number of aliphatic hydroxyl groups is 1. The zero-order chi connectivity index (χ0) is 31.3. The summed E-state index contributed by atoms with van der Waals surface area (Å²) >= 11 is 0. The third-order valence-electron chi connectivity index (χ3n) is 7.55. The normalized spacial score (nSPS) is 19.5. The maximum Gasteiger partial charge on any atom is 0.433 e. The van der Waals surface area contributed by atoms with Gasteiger partial charge >= 0.3 is 12.4 Å². The quantitative estimate of drug-likeness (QED) is 0.256. The van der Waals surface area contributed by atoms with Gasteiger partial charge < -0.3 is 10.4 Å². The molecule has 2 aliphatic heterocycles. The van der Waals surface area contributed by atoms with Crippen molar-refractivity contribution in [1.82, 2.24) is 15.0 Å². The van der Waals surface area contributed by atoms with E-state index in [-0.39, 0.29) is 28.9 Å². The highest BCUT2D eigenvalue weighted by Crippen LogP contribution is 2.43. The number of hydrogen-bond acceptors (Lipinski definition) is 5. The number of halogens is 7. The summed E-state index contributed by atoms with van der Waals surface area (Å²) in [5, 5.41) is 16.2. The lowest BCUT2D eigenvalue weighted by Crippen LogP contribution is -2.60. The predicted octanol–water partition coefficient (Wildman–Crippen LogP) is 6.49. The molecule has 1 aromatic heterocycles. The van der Waals surface area contributed by atoms with Gasteiger partial charge in [-0.2, -0.15) is 26.3 Å². The fourth-order valence-corrected chi connectivity index (χ4v) is 5.31. The molecular formula is C29H23F7N4O3. The topological polar surface area (TPSA) is 85.8 Å². The van der Waals surface area contributed by atoms with Crippen LogP contribution in [-0.2, 0) is 28.5 Å².